The third-order valence-corrected chi connectivity index (χ3v) is 4.87. The molecule has 26 heavy (non-hydrogen) atoms. The fourth-order valence-electron chi connectivity index (χ4n) is 2.46. The molecule has 1 heterocycles. The zero-order valence-electron chi connectivity index (χ0n) is 13.7. The van der Waals surface area contributed by atoms with Gasteiger partial charge in [0, 0.05) is 19.9 Å². The van der Waals surface area contributed by atoms with Crippen molar-refractivity contribution in [2.45, 2.75) is 13.0 Å². The van der Waals surface area contributed by atoms with Gasteiger partial charge in [-0.1, -0.05) is 46.3 Å². The fourth-order valence-corrected chi connectivity index (χ4v) is 3.77. The third kappa shape index (κ3) is 3.78. The first kappa shape index (κ1) is 18.5. The molecule has 2 aromatic carbocycles. The molecule has 5 nitrogen and oxygen atoms in total. The minimum absolute atomic E-state index is 0.309. The fraction of sp³-hybridized carbons (Fsp3) is 0.105. The molecule has 1 unspecified atom stereocenters. The van der Waals surface area contributed by atoms with Crippen molar-refractivity contribution in [2.24, 2.45) is 5.73 Å². The smallest absolute Gasteiger partial charge is 0.339 e. The summed E-state index contributed by atoms with van der Waals surface area (Å²) in [5.41, 5.74) is 7.62. The lowest BCUT2D eigenvalue weighted by Gasteiger charge is -2.13. The van der Waals surface area contributed by atoms with Gasteiger partial charge in [0.15, 0.2) is 6.10 Å². The van der Waals surface area contributed by atoms with Crippen LogP contribution in [0.4, 0.5) is 0 Å². The lowest BCUT2D eigenvalue weighted by atomic mass is 10.0. The van der Waals surface area contributed by atoms with Gasteiger partial charge in [-0.25, -0.2) is 9.78 Å². The van der Waals surface area contributed by atoms with Gasteiger partial charge in [-0.2, -0.15) is 0 Å². The van der Waals surface area contributed by atoms with Crippen molar-refractivity contribution >= 4 is 54.6 Å². The predicted molar refractivity (Wildman–Crippen MR) is 107 cm³/mol. The molecule has 1 atom stereocenters. The Hall–Kier alpha value is -2.25. The number of nitrogens with two attached hydrogens (primary N) is 1. The molecule has 0 saturated heterocycles. The average molecular weight is 478 g/mol. The highest BCUT2D eigenvalue weighted by Gasteiger charge is 2.21. The Morgan fingerprint density at radius 3 is 2.46 bits per heavy atom. The highest BCUT2D eigenvalue weighted by Crippen LogP contribution is 2.32. The maximum absolute atomic E-state index is 12.7. The van der Waals surface area contributed by atoms with Gasteiger partial charge in [0.25, 0.3) is 5.91 Å². The molecule has 3 rings (SSSR count). The quantitative estimate of drug-likeness (QED) is 0.562. The minimum atomic E-state index is -1.03. The monoisotopic (exact) mass is 476 g/mol. The van der Waals surface area contributed by atoms with Gasteiger partial charge in [-0.05, 0) is 41.1 Å². The number of carbonyl (C=O) groups excluding carboxylic acids is 2. The highest BCUT2D eigenvalue weighted by atomic mass is 79.9. The van der Waals surface area contributed by atoms with E-state index in [9.17, 15) is 9.59 Å². The van der Waals surface area contributed by atoms with Gasteiger partial charge in [0.2, 0.25) is 0 Å². The van der Waals surface area contributed by atoms with Crippen molar-refractivity contribution in [3.05, 3.63) is 63.0 Å². The predicted octanol–water partition coefficient (Wildman–Crippen LogP) is 4.46. The van der Waals surface area contributed by atoms with Gasteiger partial charge < -0.3 is 10.5 Å². The molecule has 7 heteroatoms. The van der Waals surface area contributed by atoms with E-state index in [0.29, 0.717) is 22.2 Å². The van der Waals surface area contributed by atoms with E-state index in [1.807, 2.05) is 36.4 Å². The lowest BCUT2D eigenvalue weighted by Crippen LogP contribution is -2.30. The van der Waals surface area contributed by atoms with E-state index >= 15 is 0 Å². The maximum Gasteiger partial charge on any atom is 0.339 e. The average Bonchev–Trinajstić information content (AvgIpc) is 2.61. The van der Waals surface area contributed by atoms with Crippen molar-refractivity contribution in [3.8, 4) is 11.3 Å². The molecule has 0 saturated carbocycles. The summed E-state index contributed by atoms with van der Waals surface area (Å²) in [5, 5.41) is 0.604. The van der Waals surface area contributed by atoms with Crippen molar-refractivity contribution in [1.29, 1.82) is 0 Å². The molecule has 0 aliphatic heterocycles. The van der Waals surface area contributed by atoms with E-state index in [1.54, 1.807) is 12.1 Å². The SMILES string of the molecule is CC(OC(=O)c1cc(-c2ccccc2)nc2c(Br)cc(Br)cc12)C(N)=O. The number of fused-ring (bicyclic) bond motifs is 1. The summed E-state index contributed by atoms with van der Waals surface area (Å²) >= 11 is 6.91. The van der Waals surface area contributed by atoms with Crippen LogP contribution in [0.15, 0.2) is 57.5 Å². The molecule has 0 aliphatic carbocycles. The summed E-state index contributed by atoms with van der Waals surface area (Å²) in [6, 6.07) is 14.8. The molecule has 2 N–H and O–H groups in total. The molecule has 0 bridgehead atoms. The van der Waals surface area contributed by atoms with Gasteiger partial charge in [0.05, 0.1) is 16.8 Å². The van der Waals surface area contributed by atoms with E-state index in [4.69, 9.17) is 10.5 Å². The van der Waals surface area contributed by atoms with Crippen LogP contribution in [-0.4, -0.2) is 23.0 Å². The number of pyridine rings is 1. The Kier molecular flexibility index (Phi) is 5.38. The van der Waals surface area contributed by atoms with Crippen LogP contribution in [0.1, 0.15) is 17.3 Å². The van der Waals surface area contributed by atoms with Gasteiger partial charge >= 0.3 is 5.97 Å². The first-order valence-corrected chi connectivity index (χ1v) is 9.31. The Bertz CT molecular complexity index is 1010. The lowest BCUT2D eigenvalue weighted by molar-refractivity contribution is -0.125. The number of hydrogen-bond acceptors (Lipinski definition) is 4. The molecule has 0 spiro atoms. The Balaban J connectivity index is 2.21. The number of nitrogens with zero attached hydrogens (tertiary/aromatic N) is 1. The van der Waals surface area contributed by atoms with E-state index in [2.05, 4.69) is 36.8 Å². The number of hydrogen-bond donors (Lipinski definition) is 1. The van der Waals surface area contributed by atoms with Crippen LogP contribution in [0.2, 0.25) is 0 Å². The van der Waals surface area contributed by atoms with E-state index in [0.717, 1.165) is 14.5 Å². The van der Waals surface area contributed by atoms with Crippen LogP contribution < -0.4 is 5.73 Å². The van der Waals surface area contributed by atoms with Crippen LogP contribution in [-0.2, 0) is 9.53 Å². The summed E-state index contributed by atoms with van der Waals surface area (Å²) in [4.78, 5) is 28.6. The second-order valence-corrected chi connectivity index (χ2v) is 7.42. The number of rotatable bonds is 4. The summed E-state index contributed by atoms with van der Waals surface area (Å²) in [5.74, 6) is -1.34. The van der Waals surface area contributed by atoms with Crippen LogP contribution in [0.25, 0.3) is 22.2 Å². The Morgan fingerprint density at radius 2 is 1.81 bits per heavy atom. The molecular formula is C19H14Br2N2O3. The molecule has 0 aliphatic rings. The van der Waals surface area contributed by atoms with E-state index in [1.165, 1.54) is 6.92 Å². The second kappa shape index (κ2) is 7.55. The zero-order chi connectivity index (χ0) is 18.8. The number of halogens is 2. The summed E-state index contributed by atoms with van der Waals surface area (Å²) < 4.78 is 6.72. The van der Waals surface area contributed by atoms with Gasteiger partial charge in [-0.15, -0.1) is 0 Å². The molecule has 3 aromatic rings. The number of esters is 1. The zero-order valence-corrected chi connectivity index (χ0v) is 16.9. The van der Waals surface area contributed by atoms with Crippen LogP contribution in [0.3, 0.4) is 0 Å². The normalized spacial score (nSPS) is 12.0. The van der Waals surface area contributed by atoms with Crippen LogP contribution >= 0.6 is 31.9 Å². The summed E-state index contributed by atoms with van der Waals surface area (Å²) in [6.07, 6.45) is -1.03. The molecule has 1 aromatic heterocycles. The van der Waals surface area contributed by atoms with Gasteiger partial charge in [-0.3, -0.25) is 4.79 Å². The Labute approximate surface area is 166 Å². The largest absolute Gasteiger partial charge is 0.449 e. The maximum atomic E-state index is 12.7. The standard InChI is InChI=1S/C19H14Br2N2O3/c1-10(18(22)24)26-19(25)14-9-16(11-5-3-2-4-6-11)23-17-13(14)7-12(20)8-15(17)21/h2-10H,1H3,(H2,22,24). The van der Waals surface area contributed by atoms with Crippen LogP contribution in [0.5, 0.6) is 0 Å². The number of benzene rings is 2. The summed E-state index contributed by atoms with van der Waals surface area (Å²) in [6.45, 7) is 1.44. The van der Waals surface area contributed by atoms with Gasteiger partial charge in [0.1, 0.15) is 0 Å². The van der Waals surface area contributed by atoms with Crippen molar-refractivity contribution in [2.75, 3.05) is 0 Å². The first-order chi connectivity index (χ1) is 12.4. The van der Waals surface area contributed by atoms with Crippen molar-refractivity contribution in [1.82, 2.24) is 4.98 Å². The first-order valence-electron chi connectivity index (χ1n) is 7.72. The third-order valence-electron chi connectivity index (χ3n) is 3.81. The van der Waals surface area contributed by atoms with E-state index < -0.39 is 18.0 Å². The highest BCUT2D eigenvalue weighted by molar-refractivity contribution is 9.11. The number of amides is 1. The number of ether oxygens (including phenoxy) is 1. The topological polar surface area (TPSA) is 82.3 Å². The van der Waals surface area contributed by atoms with Crippen molar-refractivity contribution in [3.63, 3.8) is 0 Å². The molecule has 1 amide bonds. The number of aromatic nitrogens is 1. The molecular weight excluding hydrogens is 464 g/mol. The summed E-state index contributed by atoms with van der Waals surface area (Å²) in [7, 11) is 0. The molecule has 0 fully saturated rings. The number of carbonyl (C=O) groups is 2. The molecule has 0 radical (unpaired) electrons. The van der Waals surface area contributed by atoms with Crippen LogP contribution in [0, 0.1) is 0 Å². The number of primary amides is 1. The van der Waals surface area contributed by atoms with E-state index in [-0.39, 0.29) is 0 Å². The molecule has 132 valence electrons. The Morgan fingerprint density at radius 1 is 1.12 bits per heavy atom. The van der Waals surface area contributed by atoms with Crippen molar-refractivity contribution < 1.29 is 14.3 Å². The minimum Gasteiger partial charge on any atom is -0.449 e. The second-order valence-electron chi connectivity index (χ2n) is 5.65.